The molecule has 4 aromatic rings. The van der Waals surface area contributed by atoms with Crippen LogP contribution < -0.4 is 10.6 Å². The molecule has 0 fully saturated rings. The Morgan fingerprint density at radius 2 is 1.18 bits per heavy atom. The van der Waals surface area contributed by atoms with Crippen LogP contribution in [0.4, 0.5) is 22.9 Å². The summed E-state index contributed by atoms with van der Waals surface area (Å²) in [6.45, 7) is 4.15. The van der Waals surface area contributed by atoms with Crippen LogP contribution in [0.3, 0.4) is 0 Å². The topological polar surface area (TPSA) is 49.8 Å². The van der Waals surface area contributed by atoms with E-state index < -0.39 is 0 Å². The first-order valence-corrected chi connectivity index (χ1v) is 9.28. The molecule has 1 heterocycles. The van der Waals surface area contributed by atoms with Gasteiger partial charge in [0.15, 0.2) is 5.82 Å². The van der Waals surface area contributed by atoms with Gasteiger partial charge in [-0.25, -0.2) is 0 Å². The van der Waals surface area contributed by atoms with Crippen molar-refractivity contribution in [1.82, 2.24) is 10.2 Å². The lowest BCUT2D eigenvalue weighted by atomic mass is 10.1. The molecule has 2 N–H and O–H groups in total. The zero-order valence-corrected chi connectivity index (χ0v) is 16.0. The Balaban J connectivity index is 1.70. The maximum absolute atomic E-state index is 4.50. The van der Waals surface area contributed by atoms with E-state index in [1.807, 2.05) is 48.5 Å². The van der Waals surface area contributed by atoms with E-state index in [-0.39, 0.29) is 0 Å². The Bertz CT molecular complexity index is 1060. The quantitative estimate of drug-likeness (QED) is 0.438. The third kappa shape index (κ3) is 4.18. The minimum atomic E-state index is 0.693. The highest BCUT2D eigenvalue weighted by Gasteiger charge is 2.10. The molecule has 4 heteroatoms. The highest BCUT2D eigenvalue weighted by Crippen LogP contribution is 2.30. The fourth-order valence-electron chi connectivity index (χ4n) is 2.93. The van der Waals surface area contributed by atoms with Crippen molar-refractivity contribution in [3.05, 3.63) is 96.1 Å². The smallest absolute Gasteiger partial charge is 0.155 e. The first kappa shape index (κ1) is 17.7. The summed E-state index contributed by atoms with van der Waals surface area (Å²) in [4.78, 5) is 0. The van der Waals surface area contributed by atoms with Gasteiger partial charge in [-0.1, -0.05) is 65.7 Å². The molecule has 0 aliphatic carbocycles. The van der Waals surface area contributed by atoms with Crippen molar-refractivity contribution in [2.24, 2.45) is 0 Å². The molecule has 0 saturated heterocycles. The number of nitrogens with zero attached hydrogens (tertiary/aromatic N) is 2. The molecule has 1 aromatic heterocycles. The molecule has 0 atom stereocenters. The molecule has 0 spiro atoms. The summed E-state index contributed by atoms with van der Waals surface area (Å²) < 4.78 is 0. The molecular weight excluding hydrogens is 344 g/mol. The van der Waals surface area contributed by atoms with Gasteiger partial charge in [0.05, 0.1) is 5.69 Å². The number of aryl methyl sites for hydroxylation is 2. The van der Waals surface area contributed by atoms with Crippen molar-refractivity contribution < 1.29 is 0 Å². The molecule has 0 saturated carbocycles. The number of benzene rings is 3. The molecule has 0 unspecified atom stereocenters. The van der Waals surface area contributed by atoms with Crippen molar-refractivity contribution in [2.75, 3.05) is 10.6 Å². The fraction of sp³-hybridized carbons (Fsp3) is 0.0833. The lowest BCUT2D eigenvalue weighted by Gasteiger charge is -2.14. The van der Waals surface area contributed by atoms with Crippen LogP contribution >= 0.6 is 0 Å². The summed E-state index contributed by atoms with van der Waals surface area (Å²) in [5, 5.41) is 15.7. The number of anilines is 4. The molecule has 0 aliphatic heterocycles. The van der Waals surface area contributed by atoms with Crippen LogP contribution in [0.5, 0.6) is 0 Å². The van der Waals surface area contributed by atoms with Gasteiger partial charge in [0, 0.05) is 23.0 Å². The van der Waals surface area contributed by atoms with Gasteiger partial charge in [0.2, 0.25) is 0 Å². The summed E-state index contributed by atoms with van der Waals surface area (Å²) >= 11 is 0. The van der Waals surface area contributed by atoms with Crippen LogP contribution in [0.1, 0.15) is 11.1 Å². The van der Waals surface area contributed by atoms with E-state index in [0.29, 0.717) is 5.82 Å². The number of nitrogens with one attached hydrogen (secondary N) is 2. The lowest BCUT2D eigenvalue weighted by Crippen LogP contribution is -2.02. The number of rotatable bonds is 5. The van der Waals surface area contributed by atoms with E-state index in [1.165, 1.54) is 11.1 Å². The summed E-state index contributed by atoms with van der Waals surface area (Å²) in [7, 11) is 0. The second-order valence-electron chi connectivity index (χ2n) is 6.84. The molecule has 0 radical (unpaired) electrons. The predicted octanol–water partition coefficient (Wildman–Crippen LogP) is 6.25. The standard InChI is InChI=1S/C24H22N4/c1-17-8-12-20(13-9-17)25-22-16-23(26-21-14-10-18(2)11-15-21)27-28-24(22)19-6-4-3-5-7-19/h3-16H,1-2H3,(H2,25,26,27). The lowest BCUT2D eigenvalue weighted by molar-refractivity contribution is 1.04. The third-order valence-electron chi connectivity index (χ3n) is 4.50. The number of aromatic nitrogens is 2. The largest absolute Gasteiger partial charge is 0.354 e. The molecule has 4 rings (SSSR count). The number of hydrogen-bond donors (Lipinski definition) is 2. The zero-order valence-electron chi connectivity index (χ0n) is 16.0. The third-order valence-corrected chi connectivity index (χ3v) is 4.50. The Morgan fingerprint density at radius 1 is 0.607 bits per heavy atom. The molecule has 3 aromatic carbocycles. The SMILES string of the molecule is Cc1ccc(Nc2cc(Nc3ccc(C)cc3)c(-c3ccccc3)nn2)cc1. The predicted molar refractivity (Wildman–Crippen MR) is 116 cm³/mol. The highest BCUT2D eigenvalue weighted by molar-refractivity contribution is 5.80. The maximum Gasteiger partial charge on any atom is 0.155 e. The Labute approximate surface area is 165 Å². The summed E-state index contributed by atoms with van der Waals surface area (Å²) in [6.07, 6.45) is 0. The summed E-state index contributed by atoms with van der Waals surface area (Å²) in [5.41, 5.74) is 7.17. The molecule has 0 aliphatic rings. The number of hydrogen-bond acceptors (Lipinski definition) is 4. The average Bonchev–Trinajstić information content (AvgIpc) is 2.72. The first-order chi connectivity index (χ1) is 13.7. The van der Waals surface area contributed by atoms with Crippen LogP contribution in [0, 0.1) is 13.8 Å². The minimum Gasteiger partial charge on any atom is -0.354 e. The van der Waals surface area contributed by atoms with Crippen molar-refractivity contribution in [3.8, 4) is 11.3 Å². The van der Waals surface area contributed by atoms with Gasteiger partial charge >= 0.3 is 0 Å². The molecule has 28 heavy (non-hydrogen) atoms. The normalized spacial score (nSPS) is 10.5. The van der Waals surface area contributed by atoms with E-state index in [1.54, 1.807) is 0 Å². The van der Waals surface area contributed by atoms with Crippen molar-refractivity contribution >= 4 is 22.9 Å². The van der Waals surface area contributed by atoms with E-state index >= 15 is 0 Å². The van der Waals surface area contributed by atoms with Gasteiger partial charge in [-0.3, -0.25) is 0 Å². The molecular formula is C24H22N4. The monoisotopic (exact) mass is 366 g/mol. The molecule has 138 valence electrons. The van der Waals surface area contributed by atoms with E-state index in [9.17, 15) is 0 Å². The van der Waals surface area contributed by atoms with Crippen molar-refractivity contribution in [2.45, 2.75) is 13.8 Å². The zero-order chi connectivity index (χ0) is 19.3. The van der Waals surface area contributed by atoms with Gasteiger partial charge < -0.3 is 10.6 Å². The van der Waals surface area contributed by atoms with E-state index in [0.717, 1.165) is 28.3 Å². The molecule has 0 amide bonds. The van der Waals surface area contributed by atoms with Crippen LogP contribution in [-0.4, -0.2) is 10.2 Å². The Morgan fingerprint density at radius 3 is 1.79 bits per heavy atom. The van der Waals surface area contributed by atoms with E-state index in [4.69, 9.17) is 0 Å². The molecule has 4 nitrogen and oxygen atoms in total. The minimum absolute atomic E-state index is 0.693. The second kappa shape index (κ2) is 7.92. The maximum atomic E-state index is 4.50. The van der Waals surface area contributed by atoms with E-state index in [2.05, 4.69) is 71.1 Å². The van der Waals surface area contributed by atoms with Gasteiger partial charge in [-0.2, -0.15) is 0 Å². The van der Waals surface area contributed by atoms with Crippen molar-refractivity contribution in [1.29, 1.82) is 0 Å². The van der Waals surface area contributed by atoms with Gasteiger partial charge in [0.1, 0.15) is 5.69 Å². The van der Waals surface area contributed by atoms with Gasteiger partial charge in [-0.05, 0) is 38.1 Å². The van der Waals surface area contributed by atoms with Crippen LogP contribution in [-0.2, 0) is 0 Å². The van der Waals surface area contributed by atoms with Crippen molar-refractivity contribution in [3.63, 3.8) is 0 Å². The average molecular weight is 366 g/mol. The summed E-state index contributed by atoms with van der Waals surface area (Å²) in [6, 6.07) is 28.6. The Hall–Kier alpha value is -3.66. The fourth-order valence-corrected chi connectivity index (χ4v) is 2.93. The van der Waals surface area contributed by atoms with Crippen LogP contribution in [0.15, 0.2) is 84.9 Å². The Kier molecular flexibility index (Phi) is 5.02. The van der Waals surface area contributed by atoms with Gasteiger partial charge in [-0.15, -0.1) is 10.2 Å². The summed E-state index contributed by atoms with van der Waals surface area (Å²) in [5.74, 6) is 0.693. The van der Waals surface area contributed by atoms with Crippen LogP contribution in [0.2, 0.25) is 0 Å². The molecule has 0 bridgehead atoms. The van der Waals surface area contributed by atoms with Gasteiger partial charge in [0.25, 0.3) is 0 Å². The second-order valence-corrected chi connectivity index (χ2v) is 6.84. The van der Waals surface area contributed by atoms with Crippen LogP contribution in [0.25, 0.3) is 11.3 Å². The first-order valence-electron chi connectivity index (χ1n) is 9.28. The highest BCUT2D eigenvalue weighted by atomic mass is 15.2.